The van der Waals surface area contributed by atoms with Crippen LogP contribution in [0, 0.1) is 0 Å². The Morgan fingerprint density at radius 1 is 1.42 bits per heavy atom. The summed E-state index contributed by atoms with van der Waals surface area (Å²) in [5.74, 6) is -1.11. The molecule has 2 aromatic rings. The number of aromatic nitrogens is 4. The molecule has 0 radical (unpaired) electrons. The van der Waals surface area contributed by atoms with Gasteiger partial charge in [-0.15, -0.1) is 0 Å². The monoisotopic (exact) mass is 291 g/mol. The van der Waals surface area contributed by atoms with Gasteiger partial charge in [0.15, 0.2) is 0 Å². The Morgan fingerprint density at radius 3 is 2.74 bits per heavy atom. The fourth-order valence-corrected chi connectivity index (χ4v) is 2.19. The van der Waals surface area contributed by atoms with Crippen molar-refractivity contribution in [2.75, 3.05) is 5.32 Å². The molecule has 9 heteroatoms. The molecule has 0 saturated carbocycles. The summed E-state index contributed by atoms with van der Waals surface area (Å²) in [7, 11) is 1.80. The van der Waals surface area contributed by atoms with Crippen molar-refractivity contribution in [3.05, 3.63) is 23.3 Å². The van der Waals surface area contributed by atoms with E-state index < -0.39 is 12.0 Å². The third-order valence-electron chi connectivity index (χ3n) is 2.44. The van der Waals surface area contributed by atoms with Gasteiger partial charge in [-0.05, 0) is 6.42 Å². The average molecular weight is 291 g/mol. The molecule has 19 heavy (non-hydrogen) atoms. The van der Waals surface area contributed by atoms with Crippen LogP contribution in [-0.2, 0) is 26.2 Å². The molecule has 104 valence electrons. The van der Waals surface area contributed by atoms with Crippen molar-refractivity contribution in [1.82, 2.24) is 19.1 Å². The van der Waals surface area contributed by atoms with Gasteiger partial charge in [0.05, 0.1) is 5.69 Å². The predicted octanol–water partition coefficient (Wildman–Crippen LogP) is 2.46. The van der Waals surface area contributed by atoms with E-state index in [-0.39, 0.29) is 5.13 Å². The highest BCUT2D eigenvalue weighted by atomic mass is 32.1. The minimum Gasteiger partial charge on any atom is -0.356 e. The first-order chi connectivity index (χ1) is 8.90. The lowest BCUT2D eigenvalue weighted by atomic mass is 10.2. The zero-order valence-electron chi connectivity index (χ0n) is 10.3. The number of rotatable bonds is 4. The second kappa shape index (κ2) is 5.16. The zero-order chi connectivity index (χ0) is 14.0. The molecule has 5 nitrogen and oxygen atoms in total. The van der Waals surface area contributed by atoms with E-state index in [1.54, 1.807) is 11.7 Å². The van der Waals surface area contributed by atoms with Gasteiger partial charge in [-0.1, -0.05) is 6.92 Å². The van der Waals surface area contributed by atoms with Crippen molar-refractivity contribution in [1.29, 1.82) is 0 Å². The molecule has 0 aliphatic heterocycles. The highest BCUT2D eigenvalue weighted by Crippen LogP contribution is 2.29. The van der Waals surface area contributed by atoms with Crippen molar-refractivity contribution in [3.63, 3.8) is 0 Å². The third kappa shape index (κ3) is 3.22. The van der Waals surface area contributed by atoms with Crippen LogP contribution >= 0.6 is 11.5 Å². The summed E-state index contributed by atoms with van der Waals surface area (Å²) >= 11 is 0.696. The number of hydrogen-bond acceptors (Lipinski definition) is 5. The average Bonchev–Trinajstić information content (AvgIpc) is 2.91. The molecular formula is C10H12F3N5S. The topological polar surface area (TPSA) is 55.6 Å². The van der Waals surface area contributed by atoms with Crippen LogP contribution in [0.15, 0.2) is 6.20 Å². The smallest absolute Gasteiger partial charge is 0.356 e. The Bertz CT molecular complexity index is 560. The molecule has 0 spiro atoms. The molecule has 0 aromatic carbocycles. The van der Waals surface area contributed by atoms with Crippen LogP contribution in [0.25, 0.3) is 0 Å². The first-order valence-electron chi connectivity index (χ1n) is 5.56. The van der Waals surface area contributed by atoms with Crippen molar-refractivity contribution in [2.24, 2.45) is 7.05 Å². The van der Waals surface area contributed by atoms with E-state index >= 15 is 0 Å². The standard InChI is InChI=1S/C10H12F3N5S/c1-3-7-6(5-18(2)16-7)4-14-9-15-8(17-19-9)10(11,12)13/h5H,3-4H2,1-2H3,(H,14,15,17). The first-order valence-corrected chi connectivity index (χ1v) is 6.33. The van der Waals surface area contributed by atoms with Gasteiger partial charge in [0.2, 0.25) is 11.0 Å². The molecule has 2 rings (SSSR count). The summed E-state index contributed by atoms with van der Waals surface area (Å²) in [5, 5.41) is 7.23. The van der Waals surface area contributed by atoms with Gasteiger partial charge >= 0.3 is 6.18 Å². The maximum Gasteiger partial charge on any atom is 0.452 e. The van der Waals surface area contributed by atoms with E-state index in [1.165, 1.54) is 0 Å². The van der Waals surface area contributed by atoms with Crippen LogP contribution in [0.4, 0.5) is 18.3 Å². The number of anilines is 1. The zero-order valence-corrected chi connectivity index (χ0v) is 11.1. The lowest BCUT2D eigenvalue weighted by Crippen LogP contribution is -2.08. The van der Waals surface area contributed by atoms with Gasteiger partial charge in [0.25, 0.3) is 0 Å². The Morgan fingerprint density at radius 2 is 2.16 bits per heavy atom. The molecule has 2 aromatic heterocycles. The van der Waals surface area contributed by atoms with Crippen molar-refractivity contribution >= 4 is 16.7 Å². The Labute approximate surface area is 111 Å². The maximum atomic E-state index is 12.3. The van der Waals surface area contributed by atoms with Gasteiger partial charge in [0.1, 0.15) is 0 Å². The Hall–Kier alpha value is -1.64. The van der Waals surface area contributed by atoms with E-state index in [1.807, 2.05) is 13.1 Å². The van der Waals surface area contributed by atoms with Gasteiger partial charge in [-0.2, -0.15) is 27.6 Å². The maximum absolute atomic E-state index is 12.3. The third-order valence-corrected chi connectivity index (χ3v) is 3.11. The second-order valence-corrected chi connectivity index (χ2v) is 4.65. The SMILES string of the molecule is CCc1nn(C)cc1CNc1nc(C(F)(F)F)ns1. The first kappa shape index (κ1) is 13.8. The van der Waals surface area contributed by atoms with Crippen LogP contribution in [0.1, 0.15) is 24.0 Å². The molecule has 2 heterocycles. The number of nitrogens with zero attached hydrogens (tertiary/aromatic N) is 4. The lowest BCUT2D eigenvalue weighted by Gasteiger charge is -2.01. The Kier molecular flexibility index (Phi) is 3.74. The van der Waals surface area contributed by atoms with Crippen molar-refractivity contribution in [2.45, 2.75) is 26.1 Å². The molecule has 0 bridgehead atoms. The predicted molar refractivity (Wildman–Crippen MR) is 64.8 cm³/mol. The van der Waals surface area contributed by atoms with Crippen molar-refractivity contribution in [3.8, 4) is 0 Å². The second-order valence-electron chi connectivity index (χ2n) is 3.90. The summed E-state index contributed by atoms with van der Waals surface area (Å²) < 4.78 is 41.9. The fraction of sp³-hybridized carbons (Fsp3) is 0.500. The molecule has 1 N–H and O–H groups in total. The molecule has 0 fully saturated rings. The van der Waals surface area contributed by atoms with E-state index in [4.69, 9.17) is 0 Å². The van der Waals surface area contributed by atoms with E-state index in [2.05, 4.69) is 19.8 Å². The minimum atomic E-state index is -4.50. The van der Waals surface area contributed by atoms with Crippen LogP contribution in [0.5, 0.6) is 0 Å². The normalized spacial score (nSPS) is 11.8. The van der Waals surface area contributed by atoms with E-state index in [9.17, 15) is 13.2 Å². The summed E-state index contributed by atoms with van der Waals surface area (Å²) in [4.78, 5) is 3.40. The molecule has 0 aliphatic rings. The molecular weight excluding hydrogens is 279 g/mol. The number of halogens is 3. The molecule has 0 aliphatic carbocycles. The number of alkyl halides is 3. The van der Waals surface area contributed by atoms with Crippen molar-refractivity contribution < 1.29 is 13.2 Å². The fourth-order valence-electron chi connectivity index (χ4n) is 1.61. The summed E-state index contributed by atoms with van der Waals surface area (Å²) in [6.45, 7) is 2.35. The molecule has 0 amide bonds. The highest BCUT2D eigenvalue weighted by molar-refractivity contribution is 7.09. The van der Waals surface area contributed by atoms with Gasteiger partial charge in [-0.3, -0.25) is 4.68 Å². The summed E-state index contributed by atoms with van der Waals surface area (Å²) in [6.07, 6.45) is -1.90. The quantitative estimate of drug-likeness (QED) is 0.940. The molecule has 0 saturated heterocycles. The largest absolute Gasteiger partial charge is 0.452 e. The highest BCUT2D eigenvalue weighted by Gasteiger charge is 2.36. The molecule has 0 atom stereocenters. The van der Waals surface area contributed by atoms with Gasteiger partial charge < -0.3 is 5.32 Å². The molecule has 0 unspecified atom stereocenters. The lowest BCUT2D eigenvalue weighted by molar-refractivity contribution is -0.144. The minimum absolute atomic E-state index is 0.151. The van der Waals surface area contributed by atoms with Crippen LogP contribution in [0.3, 0.4) is 0 Å². The summed E-state index contributed by atoms with van der Waals surface area (Å²) in [5.41, 5.74) is 1.85. The Balaban J connectivity index is 2.04. The number of hydrogen-bond donors (Lipinski definition) is 1. The van der Waals surface area contributed by atoms with Crippen LogP contribution in [-0.4, -0.2) is 19.1 Å². The van der Waals surface area contributed by atoms with Gasteiger partial charge in [0, 0.05) is 36.9 Å². The van der Waals surface area contributed by atoms with Crippen LogP contribution < -0.4 is 5.32 Å². The number of nitrogens with one attached hydrogen (secondary N) is 1. The van der Waals surface area contributed by atoms with Crippen LogP contribution in [0.2, 0.25) is 0 Å². The van der Waals surface area contributed by atoms with E-state index in [0.29, 0.717) is 18.1 Å². The van der Waals surface area contributed by atoms with E-state index in [0.717, 1.165) is 17.7 Å². The van der Waals surface area contributed by atoms with Gasteiger partial charge in [-0.25, -0.2) is 0 Å². The number of aryl methyl sites for hydroxylation is 2. The summed E-state index contributed by atoms with van der Waals surface area (Å²) in [6, 6.07) is 0.